The number of aromatic nitrogens is 1. The van der Waals surface area contributed by atoms with E-state index in [9.17, 15) is 18.0 Å². The molecule has 0 fully saturated rings. The highest BCUT2D eigenvalue weighted by Crippen LogP contribution is 2.31. The Morgan fingerprint density at radius 3 is 2.53 bits per heavy atom. The van der Waals surface area contributed by atoms with Crippen LogP contribution in [0.5, 0.6) is 0 Å². The van der Waals surface area contributed by atoms with E-state index in [0.29, 0.717) is 18.6 Å². The standard InChI is InChI=1S/C12H14F3N3O/c1-3-8(4-2)17-18-11(19)9-7-16-6-5-10(9)12(13,14)15/h5-7H,3-4H2,1-2H3,(H,18,19). The van der Waals surface area contributed by atoms with Crippen LogP contribution in [0.2, 0.25) is 0 Å². The van der Waals surface area contributed by atoms with Crippen molar-refractivity contribution in [1.29, 1.82) is 0 Å². The van der Waals surface area contributed by atoms with Crippen LogP contribution >= 0.6 is 0 Å². The Hall–Kier alpha value is -1.92. The quantitative estimate of drug-likeness (QED) is 0.677. The monoisotopic (exact) mass is 273 g/mol. The van der Waals surface area contributed by atoms with Gasteiger partial charge in [0.15, 0.2) is 0 Å². The Morgan fingerprint density at radius 1 is 1.37 bits per heavy atom. The highest BCUT2D eigenvalue weighted by molar-refractivity contribution is 5.96. The van der Waals surface area contributed by atoms with Crippen molar-refractivity contribution in [3.8, 4) is 0 Å². The average molecular weight is 273 g/mol. The van der Waals surface area contributed by atoms with Crippen LogP contribution in [0, 0.1) is 0 Å². The van der Waals surface area contributed by atoms with Gasteiger partial charge in [-0.15, -0.1) is 0 Å². The molecule has 0 unspecified atom stereocenters. The molecule has 0 aliphatic rings. The molecule has 0 aromatic carbocycles. The van der Waals surface area contributed by atoms with Crippen LogP contribution in [0.3, 0.4) is 0 Å². The third-order valence-corrected chi connectivity index (χ3v) is 2.50. The van der Waals surface area contributed by atoms with Gasteiger partial charge in [-0.1, -0.05) is 13.8 Å². The molecule has 0 aliphatic heterocycles. The molecule has 1 amide bonds. The maximum atomic E-state index is 12.7. The van der Waals surface area contributed by atoms with Gasteiger partial charge in [0.2, 0.25) is 0 Å². The number of hydrogen-bond donors (Lipinski definition) is 1. The summed E-state index contributed by atoms with van der Waals surface area (Å²) in [5.41, 5.74) is 1.26. The third-order valence-electron chi connectivity index (χ3n) is 2.50. The van der Waals surface area contributed by atoms with Crippen molar-refractivity contribution in [2.75, 3.05) is 0 Å². The minimum absolute atomic E-state index is 0.537. The maximum absolute atomic E-state index is 12.7. The molecular formula is C12H14F3N3O. The fourth-order valence-electron chi connectivity index (χ4n) is 1.42. The van der Waals surface area contributed by atoms with Crippen LogP contribution in [-0.4, -0.2) is 16.6 Å². The van der Waals surface area contributed by atoms with Gasteiger partial charge >= 0.3 is 6.18 Å². The van der Waals surface area contributed by atoms with Crippen molar-refractivity contribution in [2.24, 2.45) is 5.10 Å². The van der Waals surface area contributed by atoms with Gasteiger partial charge in [0.25, 0.3) is 5.91 Å². The first-order valence-corrected chi connectivity index (χ1v) is 5.77. The molecule has 4 nitrogen and oxygen atoms in total. The lowest BCUT2D eigenvalue weighted by Gasteiger charge is -2.10. The number of hydrazone groups is 1. The molecule has 1 aromatic rings. The molecule has 0 radical (unpaired) electrons. The zero-order chi connectivity index (χ0) is 14.5. The van der Waals surface area contributed by atoms with Crippen molar-refractivity contribution in [1.82, 2.24) is 10.4 Å². The molecule has 0 spiro atoms. The highest BCUT2D eigenvalue weighted by Gasteiger charge is 2.35. The summed E-state index contributed by atoms with van der Waals surface area (Å²) in [7, 11) is 0. The van der Waals surface area contributed by atoms with E-state index in [1.807, 2.05) is 13.8 Å². The second-order valence-electron chi connectivity index (χ2n) is 3.75. The topological polar surface area (TPSA) is 54.4 Å². The Bertz CT molecular complexity index is 477. The summed E-state index contributed by atoms with van der Waals surface area (Å²) in [5, 5.41) is 3.78. The highest BCUT2D eigenvalue weighted by atomic mass is 19.4. The first-order chi connectivity index (χ1) is 8.90. The fraction of sp³-hybridized carbons (Fsp3) is 0.417. The molecule has 0 bridgehead atoms. The van der Waals surface area contributed by atoms with Gasteiger partial charge in [-0.25, -0.2) is 5.43 Å². The van der Waals surface area contributed by atoms with Crippen LogP contribution in [0.15, 0.2) is 23.6 Å². The summed E-state index contributed by atoms with van der Waals surface area (Å²) in [6.07, 6.45) is -1.48. The third kappa shape index (κ3) is 4.04. The zero-order valence-corrected chi connectivity index (χ0v) is 10.6. The van der Waals surface area contributed by atoms with Crippen molar-refractivity contribution in [3.63, 3.8) is 0 Å². The summed E-state index contributed by atoms with van der Waals surface area (Å²) in [6, 6.07) is 0.763. The molecule has 1 rings (SSSR count). The summed E-state index contributed by atoms with van der Waals surface area (Å²) in [5.74, 6) is -0.917. The lowest BCUT2D eigenvalue weighted by Crippen LogP contribution is -2.23. The molecule has 0 aliphatic carbocycles. The molecule has 1 N–H and O–H groups in total. The molecular weight excluding hydrogens is 259 g/mol. The van der Waals surface area contributed by atoms with Crippen LogP contribution in [0.25, 0.3) is 0 Å². The molecule has 0 saturated carbocycles. The fourth-order valence-corrected chi connectivity index (χ4v) is 1.42. The predicted octanol–water partition coefficient (Wildman–Crippen LogP) is 3.01. The van der Waals surface area contributed by atoms with Gasteiger partial charge in [-0.2, -0.15) is 18.3 Å². The van der Waals surface area contributed by atoms with Gasteiger partial charge in [0.1, 0.15) is 0 Å². The molecule has 0 saturated heterocycles. The number of alkyl halides is 3. The van der Waals surface area contributed by atoms with E-state index in [1.54, 1.807) is 0 Å². The van der Waals surface area contributed by atoms with E-state index in [-0.39, 0.29) is 0 Å². The van der Waals surface area contributed by atoms with Crippen molar-refractivity contribution < 1.29 is 18.0 Å². The molecule has 1 heterocycles. The van der Waals surface area contributed by atoms with E-state index >= 15 is 0 Å². The molecule has 19 heavy (non-hydrogen) atoms. The predicted molar refractivity (Wildman–Crippen MR) is 64.7 cm³/mol. The van der Waals surface area contributed by atoms with Gasteiger partial charge in [0.05, 0.1) is 11.1 Å². The zero-order valence-electron chi connectivity index (χ0n) is 10.6. The minimum atomic E-state index is -4.60. The normalized spacial score (nSPS) is 11.0. The van der Waals surface area contributed by atoms with Crippen molar-refractivity contribution in [2.45, 2.75) is 32.9 Å². The van der Waals surface area contributed by atoms with Gasteiger partial charge in [-0.05, 0) is 18.9 Å². The summed E-state index contributed by atoms with van der Waals surface area (Å²) >= 11 is 0. The molecule has 1 aromatic heterocycles. The summed E-state index contributed by atoms with van der Waals surface area (Å²) < 4.78 is 38.1. The van der Waals surface area contributed by atoms with Crippen molar-refractivity contribution >= 4 is 11.6 Å². The largest absolute Gasteiger partial charge is 0.417 e. The van der Waals surface area contributed by atoms with Crippen molar-refractivity contribution in [3.05, 3.63) is 29.6 Å². The number of carbonyl (C=O) groups is 1. The first-order valence-electron chi connectivity index (χ1n) is 5.77. The number of nitrogens with one attached hydrogen (secondary N) is 1. The van der Waals surface area contributed by atoms with Crippen LogP contribution in [-0.2, 0) is 6.18 Å². The van der Waals surface area contributed by atoms with Gasteiger partial charge < -0.3 is 0 Å². The van der Waals surface area contributed by atoms with E-state index < -0.39 is 23.2 Å². The van der Waals surface area contributed by atoms with Crippen LogP contribution < -0.4 is 5.43 Å². The lowest BCUT2D eigenvalue weighted by atomic mass is 10.1. The molecule has 7 heteroatoms. The van der Waals surface area contributed by atoms with E-state index in [4.69, 9.17) is 0 Å². The molecule has 104 valence electrons. The Morgan fingerprint density at radius 2 is 2.00 bits per heavy atom. The number of hydrogen-bond acceptors (Lipinski definition) is 3. The van der Waals surface area contributed by atoms with E-state index in [2.05, 4.69) is 15.5 Å². The first kappa shape index (κ1) is 15.1. The number of rotatable bonds is 4. The van der Waals surface area contributed by atoms with Gasteiger partial charge in [0, 0.05) is 18.1 Å². The van der Waals surface area contributed by atoms with Crippen LogP contribution in [0.1, 0.15) is 42.6 Å². The number of nitrogens with zero attached hydrogens (tertiary/aromatic N) is 2. The van der Waals surface area contributed by atoms with E-state index in [1.165, 1.54) is 0 Å². The van der Waals surface area contributed by atoms with Gasteiger partial charge in [-0.3, -0.25) is 9.78 Å². The Labute approximate surface area is 108 Å². The second-order valence-corrected chi connectivity index (χ2v) is 3.75. The Kier molecular flexibility index (Phi) is 5.02. The average Bonchev–Trinajstić information content (AvgIpc) is 2.38. The second kappa shape index (κ2) is 6.31. The maximum Gasteiger partial charge on any atom is 0.417 e. The smallest absolute Gasteiger partial charge is 0.267 e. The number of amides is 1. The number of carbonyl (C=O) groups excluding carboxylic acids is 1. The molecule has 0 atom stereocenters. The minimum Gasteiger partial charge on any atom is -0.267 e. The lowest BCUT2D eigenvalue weighted by molar-refractivity contribution is -0.138. The number of pyridine rings is 1. The van der Waals surface area contributed by atoms with E-state index in [0.717, 1.165) is 18.5 Å². The summed E-state index contributed by atoms with van der Waals surface area (Å²) in [4.78, 5) is 15.2. The summed E-state index contributed by atoms with van der Waals surface area (Å²) in [6.45, 7) is 3.69. The SMILES string of the molecule is CCC(CC)=NNC(=O)c1cnccc1C(F)(F)F. The Balaban J connectivity index is 2.98. The number of halogens is 3. The van der Waals surface area contributed by atoms with Crippen LogP contribution in [0.4, 0.5) is 13.2 Å².